The van der Waals surface area contributed by atoms with E-state index in [1.54, 1.807) is 0 Å². The van der Waals surface area contributed by atoms with Crippen molar-refractivity contribution in [1.82, 2.24) is 14.9 Å². The van der Waals surface area contributed by atoms with Gasteiger partial charge in [0.05, 0.1) is 11.7 Å². The summed E-state index contributed by atoms with van der Waals surface area (Å²) in [6.45, 7) is 3.12. The highest BCUT2D eigenvalue weighted by atomic mass is 32.1. The second kappa shape index (κ2) is 6.87. The summed E-state index contributed by atoms with van der Waals surface area (Å²) in [5, 5.41) is 9.83. The highest BCUT2D eigenvalue weighted by Crippen LogP contribution is 2.28. The Morgan fingerprint density at radius 2 is 2.24 bits per heavy atom. The molecule has 0 spiro atoms. The quantitative estimate of drug-likeness (QED) is 0.833. The maximum absolute atomic E-state index is 4.23. The van der Waals surface area contributed by atoms with Crippen molar-refractivity contribution in [3.05, 3.63) is 22.7 Å². The van der Waals surface area contributed by atoms with Crippen molar-refractivity contribution in [3.63, 3.8) is 0 Å². The van der Waals surface area contributed by atoms with E-state index in [0.717, 1.165) is 12.2 Å². The van der Waals surface area contributed by atoms with Crippen LogP contribution in [-0.2, 0) is 0 Å². The predicted molar refractivity (Wildman–Crippen MR) is 72.1 cm³/mol. The van der Waals surface area contributed by atoms with E-state index in [9.17, 15) is 0 Å². The van der Waals surface area contributed by atoms with Gasteiger partial charge in [0.2, 0.25) is 0 Å². The first-order valence-corrected chi connectivity index (χ1v) is 7.44. The van der Waals surface area contributed by atoms with Gasteiger partial charge in [0, 0.05) is 5.38 Å². The summed E-state index contributed by atoms with van der Waals surface area (Å²) in [5.74, 6) is 0. The maximum Gasteiger partial charge on any atom is 0.0966 e. The van der Waals surface area contributed by atoms with Gasteiger partial charge in [0.1, 0.15) is 0 Å². The second-order valence-corrected chi connectivity index (χ2v) is 5.16. The van der Waals surface area contributed by atoms with Crippen LogP contribution in [0.1, 0.15) is 57.2 Å². The first-order chi connectivity index (χ1) is 8.42. The minimum absolute atomic E-state index is 0.289. The molecule has 0 amide bonds. The normalized spacial score (nSPS) is 19.2. The Bertz CT molecular complexity index is 346. The van der Waals surface area contributed by atoms with Crippen LogP contribution in [0.4, 0.5) is 0 Å². The number of likely N-dealkylation sites (N-methyl/N-ethyl adjacent to an activating group) is 1. The fraction of sp³-hybridized carbons (Fsp3) is 0.692. The molecule has 3 nitrogen and oxygen atoms in total. The van der Waals surface area contributed by atoms with E-state index >= 15 is 0 Å². The van der Waals surface area contributed by atoms with Gasteiger partial charge in [-0.05, 0) is 43.8 Å². The average Bonchev–Trinajstić information content (AvgIpc) is 2.79. The molecule has 0 fully saturated rings. The van der Waals surface area contributed by atoms with Gasteiger partial charge in [0.15, 0.2) is 0 Å². The Morgan fingerprint density at radius 3 is 3.00 bits per heavy atom. The lowest BCUT2D eigenvalue weighted by atomic mass is 9.93. The first kappa shape index (κ1) is 12.7. The maximum atomic E-state index is 4.23. The molecule has 0 bridgehead atoms. The van der Waals surface area contributed by atoms with Crippen LogP contribution in [0.3, 0.4) is 0 Å². The molecule has 2 rings (SSSR count). The van der Waals surface area contributed by atoms with Gasteiger partial charge >= 0.3 is 0 Å². The number of aromatic nitrogens is 2. The van der Waals surface area contributed by atoms with Crippen molar-refractivity contribution in [3.8, 4) is 0 Å². The summed E-state index contributed by atoms with van der Waals surface area (Å²) in [7, 11) is 0. The fourth-order valence-electron chi connectivity index (χ4n) is 2.41. The molecular weight excluding hydrogens is 230 g/mol. The second-order valence-electron chi connectivity index (χ2n) is 4.55. The molecule has 0 radical (unpaired) electrons. The molecule has 0 aromatic carbocycles. The zero-order valence-electron chi connectivity index (χ0n) is 10.5. The highest BCUT2D eigenvalue weighted by Gasteiger charge is 2.18. The van der Waals surface area contributed by atoms with Crippen LogP contribution in [-0.4, -0.2) is 16.1 Å². The number of nitrogens with one attached hydrogen (secondary N) is 1. The molecule has 1 aromatic rings. The molecule has 0 saturated heterocycles. The third-order valence-corrected chi connectivity index (χ3v) is 3.80. The van der Waals surface area contributed by atoms with Gasteiger partial charge in [0.25, 0.3) is 0 Å². The van der Waals surface area contributed by atoms with Crippen molar-refractivity contribution < 1.29 is 0 Å². The van der Waals surface area contributed by atoms with E-state index < -0.39 is 0 Å². The number of hydrogen-bond donors (Lipinski definition) is 1. The van der Waals surface area contributed by atoms with Crippen molar-refractivity contribution >= 4 is 11.5 Å². The summed E-state index contributed by atoms with van der Waals surface area (Å²) < 4.78 is 3.99. The van der Waals surface area contributed by atoms with Crippen molar-refractivity contribution in [2.75, 3.05) is 6.54 Å². The van der Waals surface area contributed by atoms with Gasteiger partial charge in [-0.15, -0.1) is 5.10 Å². The summed E-state index contributed by atoms with van der Waals surface area (Å²) in [6.07, 6.45) is 10.2. The lowest BCUT2D eigenvalue weighted by Crippen LogP contribution is -2.23. The first-order valence-electron chi connectivity index (χ1n) is 6.61. The van der Waals surface area contributed by atoms with E-state index in [-0.39, 0.29) is 6.04 Å². The molecule has 1 aliphatic carbocycles. The van der Waals surface area contributed by atoms with Crippen LogP contribution in [0.2, 0.25) is 0 Å². The Kier molecular flexibility index (Phi) is 5.13. The number of hydrogen-bond acceptors (Lipinski definition) is 4. The molecule has 1 heterocycles. The molecule has 1 unspecified atom stereocenters. The van der Waals surface area contributed by atoms with E-state index in [2.05, 4.69) is 33.3 Å². The van der Waals surface area contributed by atoms with Gasteiger partial charge in [-0.25, -0.2) is 0 Å². The van der Waals surface area contributed by atoms with E-state index in [0.29, 0.717) is 0 Å². The molecule has 17 heavy (non-hydrogen) atoms. The van der Waals surface area contributed by atoms with Crippen LogP contribution in [0.5, 0.6) is 0 Å². The number of rotatable bonds is 4. The van der Waals surface area contributed by atoms with Crippen LogP contribution in [0, 0.1) is 0 Å². The highest BCUT2D eigenvalue weighted by molar-refractivity contribution is 7.03. The molecule has 94 valence electrons. The zero-order chi connectivity index (χ0) is 11.9. The Balaban J connectivity index is 2.13. The molecule has 0 aliphatic heterocycles. The predicted octanol–water partition coefficient (Wildman–Crippen LogP) is 3.47. The van der Waals surface area contributed by atoms with Crippen LogP contribution in [0.25, 0.3) is 0 Å². The summed E-state index contributed by atoms with van der Waals surface area (Å²) in [5.41, 5.74) is 2.60. The van der Waals surface area contributed by atoms with Crippen LogP contribution in [0.15, 0.2) is 17.0 Å². The van der Waals surface area contributed by atoms with E-state index in [1.807, 2.05) is 0 Å². The third-order valence-electron chi connectivity index (χ3n) is 3.28. The fourth-order valence-corrected chi connectivity index (χ4v) is 2.89. The molecule has 1 aromatic heterocycles. The lowest BCUT2D eigenvalue weighted by molar-refractivity contribution is 0.545. The minimum atomic E-state index is 0.289. The molecule has 1 N–H and O–H groups in total. The largest absolute Gasteiger partial charge is 0.305 e. The van der Waals surface area contributed by atoms with Crippen molar-refractivity contribution in [2.45, 2.75) is 51.5 Å². The van der Waals surface area contributed by atoms with Crippen molar-refractivity contribution in [2.24, 2.45) is 0 Å². The lowest BCUT2D eigenvalue weighted by Gasteiger charge is -2.21. The van der Waals surface area contributed by atoms with E-state index in [4.69, 9.17) is 0 Å². The SMILES string of the molecule is CCNC(C1=CCCCCCC1)c1csnn1. The third kappa shape index (κ3) is 3.61. The zero-order valence-corrected chi connectivity index (χ0v) is 11.3. The Morgan fingerprint density at radius 1 is 1.35 bits per heavy atom. The topological polar surface area (TPSA) is 37.8 Å². The van der Waals surface area contributed by atoms with Gasteiger partial charge in [-0.1, -0.05) is 35.9 Å². The number of nitrogens with zero attached hydrogens (tertiary/aromatic N) is 2. The van der Waals surface area contributed by atoms with E-state index in [1.165, 1.54) is 55.6 Å². The summed E-state index contributed by atoms with van der Waals surface area (Å²) in [6, 6.07) is 0.289. The van der Waals surface area contributed by atoms with Gasteiger partial charge < -0.3 is 5.32 Å². The standard InChI is InChI=1S/C13H21N3S/c1-2-14-13(12-10-17-16-15-12)11-8-6-4-3-5-7-9-11/h8,10,13-14H,2-7,9H2,1H3. The molecule has 4 heteroatoms. The minimum Gasteiger partial charge on any atom is -0.305 e. The average molecular weight is 251 g/mol. The Labute approximate surface area is 107 Å². The monoisotopic (exact) mass is 251 g/mol. The number of allylic oxidation sites excluding steroid dienone is 1. The molecule has 0 saturated carbocycles. The van der Waals surface area contributed by atoms with Crippen molar-refractivity contribution in [1.29, 1.82) is 0 Å². The van der Waals surface area contributed by atoms with Crippen LogP contribution < -0.4 is 5.32 Å². The summed E-state index contributed by atoms with van der Waals surface area (Å²) in [4.78, 5) is 0. The summed E-state index contributed by atoms with van der Waals surface area (Å²) >= 11 is 1.44. The van der Waals surface area contributed by atoms with Crippen LogP contribution >= 0.6 is 11.5 Å². The molecule has 1 aliphatic rings. The smallest absolute Gasteiger partial charge is 0.0966 e. The van der Waals surface area contributed by atoms with Gasteiger partial charge in [-0.3, -0.25) is 0 Å². The molecule has 1 atom stereocenters. The molecular formula is C13H21N3S. The Hall–Kier alpha value is -0.740. The van der Waals surface area contributed by atoms with Gasteiger partial charge in [-0.2, -0.15) is 0 Å².